The summed E-state index contributed by atoms with van der Waals surface area (Å²) in [5.74, 6) is 0.772. The Morgan fingerprint density at radius 3 is 2.70 bits per heavy atom. The van der Waals surface area contributed by atoms with E-state index >= 15 is 0 Å². The van der Waals surface area contributed by atoms with Crippen LogP contribution in [0, 0.1) is 5.92 Å². The molecule has 2 aliphatic rings. The number of rotatable bonds is 3. The summed E-state index contributed by atoms with van der Waals surface area (Å²) in [5.41, 5.74) is 3.40. The van der Waals surface area contributed by atoms with Crippen LogP contribution in [0.25, 0.3) is 0 Å². The number of benzene rings is 1. The van der Waals surface area contributed by atoms with Crippen LogP contribution in [0.1, 0.15) is 53.6 Å². The van der Waals surface area contributed by atoms with Crippen LogP contribution in [0.3, 0.4) is 0 Å². The predicted octanol–water partition coefficient (Wildman–Crippen LogP) is 3.02. The summed E-state index contributed by atoms with van der Waals surface area (Å²) in [6, 6.07) is 6.05. The van der Waals surface area contributed by atoms with Gasteiger partial charge < -0.3 is 10.6 Å². The zero-order valence-electron chi connectivity index (χ0n) is 11.8. The zero-order chi connectivity index (χ0) is 13.1. The minimum absolute atomic E-state index is 0. The van der Waals surface area contributed by atoms with Crippen molar-refractivity contribution in [2.24, 2.45) is 5.92 Å². The molecule has 1 aliphatic carbocycles. The van der Waals surface area contributed by atoms with E-state index in [1.165, 1.54) is 43.2 Å². The van der Waals surface area contributed by atoms with Gasteiger partial charge in [-0.3, -0.25) is 4.79 Å². The third-order valence-corrected chi connectivity index (χ3v) is 4.38. The molecule has 110 valence electrons. The highest BCUT2D eigenvalue weighted by atomic mass is 35.5. The molecule has 3 nitrogen and oxygen atoms in total. The number of nitrogens with one attached hydrogen (secondary N) is 2. The maximum atomic E-state index is 12.2. The molecule has 1 aromatic carbocycles. The normalized spacial score (nSPS) is 18.2. The molecule has 1 aromatic rings. The summed E-state index contributed by atoms with van der Waals surface area (Å²) in [4.78, 5) is 12.2. The first-order chi connectivity index (χ1) is 9.33. The molecule has 0 spiro atoms. The molecule has 1 aliphatic heterocycles. The van der Waals surface area contributed by atoms with Crippen LogP contribution in [-0.4, -0.2) is 12.5 Å². The van der Waals surface area contributed by atoms with Crippen molar-refractivity contribution in [1.82, 2.24) is 10.6 Å². The smallest absolute Gasteiger partial charge is 0.251 e. The van der Waals surface area contributed by atoms with Crippen LogP contribution in [0.5, 0.6) is 0 Å². The van der Waals surface area contributed by atoms with Gasteiger partial charge in [-0.25, -0.2) is 0 Å². The van der Waals surface area contributed by atoms with E-state index in [1.54, 1.807) is 0 Å². The first-order valence-electron chi connectivity index (χ1n) is 7.43. The molecular formula is C16H23ClN2O. The predicted molar refractivity (Wildman–Crippen MR) is 83.1 cm³/mol. The van der Waals surface area contributed by atoms with Gasteiger partial charge in [0.15, 0.2) is 0 Å². The van der Waals surface area contributed by atoms with E-state index in [4.69, 9.17) is 0 Å². The molecule has 20 heavy (non-hydrogen) atoms. The van der Waals surface area contributed by atoms with Crippen molar-refractivity contribution in [3.8, 4) is 0 Å². The highest BCUT2D eigenvalue weighted by Crippen LogP contribution is 2.23. The Hall–Kier alpha value is -1.06. The van der Waals surface area contributed by atoms with E-state index < -0.39 is 0 Å². The van der Waals surface area contributed by atoms with Crippen molar-refractivity contribution in [3.05, 3.63) is 34.9 Å². The summed E-state index contributed by atoms with van der Waals surface area (Å²) in [7, 11) is 0. The van der Waals surface area contributed by atoms with Gasteiger partial charge >= 0.3 is 0 Å². The van der Waals surface area contributed by atoms with Gasteiger partial charge in [-0.1, -0.05) is 25.3 Å². The summed E-state index contributed by atoms with van der Waals surface area (Å²) in [5, 5.41) is 6.41. The fraction of sp³-hybridized carbons (Fsp3) is 0.562. The SMILES string of the molecule is Cl.O=C(NCC1CCCCC1)c1ccc2c(c1)CNC2. The molecule has 0 unspecified atom stereocenters. The number of hydrogen-bond donors (Lipinski definition) is 2. The van der Waals surface area contributed by atoms with E-state index in [0.717, 1.165) is 25.2 Å². The lowest BCUT2D eigenvalue weighted by atomic mass is 9.89. The average molecular weight is 295 g/mol. The highest BCUT2D eigenvalue weighted by molar-refractivity contribution is 5.94. The van der Waals surface area contributed by atoms with E-state index in [1.807, 2.05) is 12.1 Å². The summed E-state index contributed by atoms with van der Waals surface area (Å²) in [6.45, 7) is 2.66. The second-order valence-electron chi connectivity index (χ2n) is 5.80. The van der Waals surface area contributed by atoms with Crippen molar-refractivity contribution in [3.63, 3.8) is 0 Å². The molecule has 2 N–H and O–H groups in total. The number of carbonyl (C=O) groups excluding carboxylic acids is 1. The molecule has 0 atom stereocenters. The molecule has 0 bridgehead atoms. The molecule has 1 fully saturated rings. The first kappa shape index (κ1) is 15.3. The van der Waals surface area contributed by atoms with Gasteiger partial charge in [-0.15, -0.1) is 12.4 Å². The van der Waals surface area contributed by atoms with Crippen molar-refractivity contribution < 1.29 is 4.79 Å². The second-order valence-corrected chi connectivity index (χ2v) is 5.80. The molecule has 0 radical (unpaired) electrons. The summed E-state index contributed by atoms with van der Waals surface area (Å²) >= 11 is 0. The Kier molecular flexibility index (Phi) is 5.44. The maximum Gasteiger partial charge on any atom is 0.251 e. The number of amides is 1. The minimum Gasteiger partial charge on any atom is -0.352 e. The lowest BCUT2D eigenvalue weighted by Crippen LogP contribution is -2.30. The molecular weight excluding hydrogens is 272 g/mol. The van der Waals surface area contributed by atoms with Crippen LogP contribution in [-0.2, 0) is 13.1 Å². The van der Waals surface area contributed by atoms with Crippen LogP contribution in [0.4, 0.5) is 0 Å². The van der Waals surface area contributed by atoms with Crippen LogP contribution < -0.4 is 10.6 Å². The fourth-order valence-electron chi connectivity index (χ4n) is 3.17. The highest BCUT2D eigenvalue weighted by Gasteiger charge is 2.16. The third kappa shape index (κ3) is 3.53. The summed E-state index contributed by atoms with van der Waals surface area (Å²) < 4.78 is 0. The number of carbonyl (C=O) groups is 1. The molecule has 0 saturated heterocycles. The molecule has 1 saturated carbocycles. The quantitative estimate of drug-likeness (QED) is 0.900. The maximum absolute atomic E-state index is 12.2. The molecule has 4 heteroatoms. The van der Waals surface area contributed by atoms with Gasteiger partial charge in [-0.2, -0.15) is 0 Å². The van der Waals surface area contributed by atoms with E-state index in [9.17, 15) is 4.79 Å². The summed E-state index contributed by atoms with van der Waals surface area (Å²) in [6.07, 6.45) is 6.56. The van der Waals surface area contributed by atoms with Gasteiger partial charge in [0, 0.05) is 25.2 Å². The number of hydrogen-bond acceptors (Lipinski definition) is 2. The van der Waals surface area contributed by atoms with Crippen molar-refractivity contribution in [2.75, 3.05) is 6.54 Å². The van der Waals surface area contributed by atoms with Crippen LogP contribution in [0.15, 0.2) is 18.2 Å². The zero-order valence-corrected chi connectivity index (χ0v) is 12.6. The Balaban J connectivity index is 0.00000147. The van der Waals surface area contributed by atoms with E-state index in [2.05, 4.69) is 16.7 Å². The lowest BCUT2D eigenvalue weighted by molar-refractivity contribution is 0.0943. The Labute approximate surface area is 126 Å². The largest absolute Gasteiger partial charge is 0.352 e. The number of halogens is 1. The van der Waals surface area contributed by atoms with Crippen molar-refractivity contribution in [2.45, 2.75) is 45.2 Å². The molecule has 0 aromatic heterocycles. The monoisotopic (exact) mass is 294 g/mol. The van der Waals surface area contributed by atoms with Gasteiger partial charge in [0.2, 0.25) is 0 Å². The molecule has 1 heterocycles. The standard InChI is InChI=1S/C16H22N2O.ClH/c19-16(18-9-12-4-2-1-3-5-12)13-6-7-14-10-17-11-15(14)8-13;/h6-8,12,17H,1-5,9-11H2,(H,18,19);1H. The first-order valence-corrected chi connectivity index (χ1v) is 7.43. The second kappa shape index (κ2) is 7.09. The van der Waals surface area contributed by atoms with Crippen molar-refractivity contribution in [1.29, 1.82) is 0 Å². The average Bonchev–Trinajstić information content (AvgIpc) is 2.93. The molecule has 3 rings (SSSR count). The van der Waals surface area contributed by atoms with Gasteiger partial charge in [-0.05, 0) is 42.0 Å². The Morgan fingerprint density at radius 2 is 1.90 bits per heavy atom. The van der Waals surface area contributed by atoms with Crippen molar-refractivity contribution >= 4 is 18.3 Å². The Morgan fingerprint density at radius 1 is 1.15 bits per heavy atom. The lowest BCUT2D eigenvalue weighted by Gasteiger charge is -2.21. The Bertz CT molecular complexity index is 470. The topological polar surface area (TPSA) is 41.1 Å². The van der Waals surface area contributed by atoms with Gasteiger partial charge in [0.05, 0.1) is 0 Å². The number of fused-ring (bicyclic) bond motifs is 1. The van der Waals surface area contributed by atoms with Crippen LogP contribution in [0.2, 0.25) is 0 Å². The van der Waals surface area contributed by atoms with Gasteiger partial charge in [0.25, 0.3) is 5.91 Å². The van der Waals surface area contributed by atoms with E-state index in [0.29, 0.717) is 5.92 Å². The molecule has 1 amide bonds. The third-order valence-electron chi connectivity index (χ3n) is 4.38. The van der Waals surface area contributed by atoms with Crippen LogP contribution >= 0.6 is 12.4 Å². The minimum atomic E-state index is 0. The van der Waals surface area contributed by atoms with Gasteiger partial charge in [0.1, 0.15) is 0 Å². The fourth-order valence-corrected chi connectivity index (χ4v) is 3.17. The van der Waals surface area contributed by atoms with E-state index in [-0.39, 0.29) is 18.3 Å².